The molecule has 3 aromatic rings. The van der Waals surface area contributed by atoms with Crippen LogP contribution < -0.4 is 21.9 Å². The fourth-order valence-electron chi connectivity index (χ4n) is 2.18. The van der Waals surface area contributed by atoms with E-state index in [4.69, 9.17) is 5.84 Å². The molecular weight excluding hydrogens is 412 g/mol. The van der Waals surface area contributed by atoms with Gasteiger partial charge < -0.3 is 16.5 Å². The first-order valence-corrected chi connectivity index (χ1v) is 10.2. The Morgan fingerprint density at radius 3 is 2.76 bits per heavy atom. The molecule has 0 aliphatic heterocycles. The molecule has 0 aliphatic rings. The number of carbonyl (C=O) groups excluding carboxylic acids is 2. The van der Waals surface area contributed by atoms with Gasteiger partial charge in [0.05, 0.1) is 12.0 Å². The molecule has 1 aromatic carbocycles. The van der Waals surface area contributed by atoms with Crippen LogP contribution in [0.2, 0.25) is 0 Å². The number of hydrazone groups is 1. The van der Waals surface area contributed by atoms with Crippen molar-refractivity contribution in [1.82, 2.24) is 14.9 Å². The Labute approximate surface area is 174 Å². The van der Waals surface area contributed by atoms with E-state index < -0.39 is 0 Å². The third kappa shape index (κ3) is 6.05. The first-order valence-electron chi connectivity index (χ1n) is 8.34. The maximum atomic E-state index is 12.2. The van der Waals surface area contributed by atoms with Crippen LogP contribution in [0.15, 0.2) is 52.0 Å². The summed E-state index contributed by atoms with van der Waals surface area (Å²) >= 11 is 2.68. The lowest BCUT2D eigenvalue weighted by atomic mass is 10.2. The molecule has 3 rings (SSSR count). The molecule has 0 bridgehead atoms. The van der Waals surface area contributed by atoms with Gasteiger partial charge in [0, 0.05) is 23.2 Å². The van der Waals surface area contributed by atoms with Crippen LogP contribution in [0.3, 0.4) is 0 Å². The van der Waals surface area contributed by atoms with Gasteiger partial charge in [-0.15, -0.1) is 21.5 Å². The monoisotopic (exact) mass is 430 g/mol. The van der Waals surface area contributed by atoms with Crippen molar-refractivity contribution in [2.24, 2.45) is 5.10 Å². The van der Waals surface area contributed by atoms with Crippen molar-refractivity contribution in [1.29, 1.82) is 0 Å². The van der Waals surface area contributed by atoms with Gasteiger partial charge in [-0.05, 0) is 29.6 Å². The molecule has 2 heterocycles. The molecule has 2 aromatic heterocycles. The second kappa shape index (κ2) is 9.71. The van der Waals surface area contributed by atoms with E-state index >= 15 is 0 Å². The SMILES string of the molecule is CC(=O)Nc1cccc(NC(=O)CSc2nnc(N/N=C/c3cccs3)n2N)c1. The summed E-state index contributed by atoms with van der Waals surface area (Å²) in [5.41, 5.74) is 3.88. The van der Waals surface area contributed by atoms with E-state index in [1.807, 2.05) is 17.5 Å². The molecule has 0 spiro atoms. The van der Waals surface area contributed by atoms with Gasteiger partial charge >= 0.3 is 0 Å². The topological polar surface area (TPSA) is 139 Å². The normalized spacial score (nSPS) is 10.8. The number of amides is 2. The molecule has 12 heteroatoms. The molecule has 10 nitrogen and oxygen atoms in total. The van der Waals surface area contributed by atoms with Crippen molar-refractivity contribution in [2.75, 3.05) is 27.7 Å². The van der Waals surface area contributed by atoms with E-state index in [9.17, 15) is 9.59 Å². The Morgan fingerprint density at radius 2 is 2.03 bits per heavy atom. The number of nitrogen functional groups attached to an aromatic ring is 1. The summed E-state index contributed by atoms with van der Waals surface area (Å²) in [5, 5.41) is 19.6. The highest BCUT2D eigenvalue weighted by Crippen LogP contribution is 2.19. The van der Waals surface area contributed by atoms with Crippen LogP contribution in [0.4, 0.5) is 17.3 Å². The maximum Gasteiger partial charge on any atom is 0.264 e. The van der Waals surface area contributed by atoms with Gasteiger partial charge in [0.25, 0.3) is 5.95 Å². The Kier molecular flexibility index (Phi) is 6.81. The van der Waals surface area contributed by atoms with Gasteiger partial charge in [0.1, 0.15) is 0 Å². The zero-order valence-electron chi connectivity index (χ0n) is 15.3. The number of thiophene rings is 1. The van der Waals surface area contributed by atoms with Gasteiger partial charge in [-0.3, -0.25) is 9.59 Å². The number of benzene rings is 1. The van der Waals surface area contributed by atoms with Crippen molar-refractivity contribution in [2.45, 2.75) is 12.1 Å². The lowest BCUT2D eigenvalue weighted by Gasteiger charge is -2.07. The van der Waals surface area contributed by atoms with Crippen LogP contribution in [0.5, 0.6) is 0 Å². The number of nitrogens with one attached hydrogen (secondary N) is 3. The zero-order valence-corrected chi connectivity index (χ0v) is 17.0. The van der Waals surface area contributed by atoms with Crippen LogP contribution in [0.25, 0.3) is 0 Å². The predicted octanol–water partition coefficient (Wildman–Crippen LogP) is 2.19. The molecule has 150 valence electrons. The van der Waals surface area contributed by atoms with Crippen molar-refractivity contribution in [3.63, 3.8) is 0 Å². The smallest absolute Gasteiger partial charge is 0.264 e. The van der Waals surface area contributed by atoms with Gasteiger partial charge in [0.2, 0.25) is 17.0 Å². The first-order chi connectivity index (χ1) is 14.0. The lowest BCUT2D eigenvalue weighted by Crippen LogP contribution is -2.17. The minimum Gasteiger partial charge on any atom is -0.334 e. The van der Waals surface area contributed by atoms with Crippen LogP contribution >= 0.6 is 23.1 Å². The van der Waals surface area contributed by atoms with Crippen LogP contribution in [-0.2, 0) is 9.59 Å². The summed E-state index contributed by atoms with van der Waals surface area (Å²) in [7, 11) is 0. The Morgan fingerprint density at radius 1 is 1.24 bits per heavy atom. The van der Waals surface area contributed by atoms with Gasteiger partial charge in [-0.25, -0.2) is 10.1 Å². The Bertz CT molecular complexity index is 1020. The van der Waals surface area contributed by atoms with Crippen molar-refractivity contribution < 1.29 is 9.59 Å². The summed E-state index contributed by atoms with van der Waals surface area (Å²) in [5.74, 6) is 5.84. The molecule has 2 amide bonds. The second-order valence-electron chi connectivity index (χ2n) is 5.66. The first kappa shape index (κ1) is 20.4. The molecule has 0 radical (unpaired) electrons. The van der Waals surface area contributed by atoms with Crippen LogP contribution in [0, 0.1) is 0 Å². The van der Waals surface area contributed by atoms with E-state index in [1.165, 1.54) is 11.6 Å². The summed E-state index contributed by atoms with van der Waals surface area (Å²) in [6.07, 6.45) is 1.65. The predicted molar refractivity (Wildman–Crippen MR) is 116 cm³/mol. The minimum atomic E-state index is -0.247. The number of anilines is 3. The van der Waals surface area contributed by atoms with Crippen LogP contribution in [0.1, 0.15) is 11.8 Å². The molecule has 0 fully saturated rings. The molecule has 0 saturated carbocycles. The highest BCUT2D eigenvalue weighted by molar-refractivity contribution is 7.99. The number of hydrogen-bond donors (Lipinski definition) is 4. The minimum absolute atomic E-state index is 0.0815. The summed E-state index contributed by atoms with van der Waals surface area (Å²) < 4.78 is 1.22. The standard InChI is InChI=1S/C17H18N8O2S2/c1-11(26)20-12-4-2-5-13(8-12)21-15(27)10-29-17-24-23-16(25(17)18)22-19-9-14-6-3-7-28-14/h2-9H,10,18H2,1H3,(H,20,26)(H,21,27)(H,22,23)/b19-9+. The average molecular weight is 431 g/mol. The number of carbonyl (C=O) groups is 2. The average Bonchev–Trinajstić information content (AvgIpc) is 3.31. The van der Waals surface area contributed by atoms with E-state index in [0.717, 1.165) is 16.6 Å². The Balaban J connectivity index is 1.51. The quantitative estimate of drug-likeness (QED) is 0.186. The highest BCUT2D eigenvalue weighted by Gasteiger charge is 2.12. The largest absolute Gasteiger partial charge is 0.334 e. The fourth-order valence-corrected chi connectivity index (χ4v) is 3.42. The van der Waals surface area contributed by atoms with E-state index in [2.05, 4.69) is 31.4 Å². The molecule has 0 unspecified atom stereocenters. The second-order valence-corrected chi connectivity index (χ2v) is 7.58. The molecule has 0 atom stereocenters. The number of rotatable bonds is 8. The van der Waals surface area contributed by atoms with E-state index in [1.54, 1.807) is 41.8 Å². The van der Waals surface area contributed by atoms with E-state index in [0.29, 0.717) is 16.5 Å². The fraction of sp³-hybridized carbons (Fsp3) is 0.118. The van der Waals surface area contributed by atoms with Crippen LogP contribution in [-0.4, -0.2) is 38.7 Å². The third-order valence-electron chi connectivity index (χ3n) is 3.36. The van der Waals surface area contributed by atoms with Crippen molar-refractivity contribution >= 4 is 58.5 Å². The van der Waals surface area contributed by atoms with Crippen molar-refractivity contribution in [3.05, 3.63) is 46.7 Å². The van der Waals surface area contributed by atoms with Crippen molar-refractivity contribution in [3.8, 4) is 0 Å². The number of hydrogen-bond acceptors (Lipinski definition) is 9. The number of aromatic nitrogens is 3. The molecular formula is C17H18N8O2S2. The van der Waals surface area contributed by atoms with Gasteiger partial charge in [-0.2, -0.15) is 5.10 Å². The maximum absolute atomic E-state index is 12.2. The van der Waals surface area contributed by atoms with Gasteiger partial charge in [0.15, 0.2) is 0 Å². The number of nitrogens with two attached hydrogens (primary N) is 1. The highest BCUT2D eigenvalue weighted by atomic mass is 32.2. The Hall–Kier alpha value is -3.38. The number of thioether (sulfide) groups is 1. The summed E-state index contributed by atoms with van der Waals surface area (Å²) in [6, 6.07) is 10.7. The van der Waals surface area contributed by atoms with E-state index in [-0.39, 0.29) is 23.5 Å². The molecule has 0 saturated heterocycles. The molecule has 0 aliphatic carbocycles. The lowest BCUT2D eigenvalue weighted by molar-refractivity contribution is -0.114. The number of nitrogens with zero attached hydrogens (tertiary/aromatic N) is 4. The summed E-state index contributed by atoms with van der Waals surface area (Å²) in [6.45, 7) is 1.42. The third-order valence-corrected chi connectivity index (χ3v) is 5.11. The summed E-state index contributed by atoms with van der Waals surface area (Å²) in [4.78, 5) is 24.3. The van der Waals surface area contributed by atoms with Gasteiger partial charge in [-0.1, -0.05) is 23.9 Å². The zero-order chi connectivity index (χ0) is 20.6. The molecule has 5 N–H and O–H groups in total. The molecule has 29 heavy (non-hydrogen) atoms.